The van der Waals surface area contributed by atoms with Gasteiger partial charge in [0.25, 0.3) is 0 Å². The Bertz CT molecular complexity index is 120. The van der Waals surface area contributed by atoms with Gasteiger partial charge >= 0.3 is 0 Å². The first kappa shape index (κ1) is 10.4. The highest BCUT2D eigenvalue weighted by atomic mass is 16.5. The fourth-order valence-electron chi connectivity index (χ4n) is 0.881. The van der Waals surface area contributed by atoms with Crippen LogP contribution in [0.2, 0.25) is 0 Å². The van der Waals surface area contributed by atoms with Gasteiger partial charge in [-0.25, -0.2) is 0 Å². The van der Waals surface area contributed by atoms with Crippen molar-refractivity contribution in [3.63, 3.8) is 0 Å². The Morgan fingerprint density at radius 1 is 1.55 bits per heavy atom. The molecule has 0 rings (SSSR count). The van der Waals surface area contributed by atoms with Crippen molar-refractivity contribution in [1.82, 2.24) is 4.90 Å². The molecule has 0 bridgehead atoms. The van der Waals surface area contributed by atoms with E-state index in [0.29, 0.717) is 6.54 Å². The molecule has 0 atom stereocenters. The van der Waals surface area contributed by atoms with Gasteiger partial charge in [-0.2, -0.15) is 5.26 Å². The Balaban J connectivity index is 3.30. The topological polar surface area (TPSA) is 36.3 Å². The maximum Gasteiger partial charge on any atom is 0.0865 e. The molecule has 0 aliphatic rings. The number of hydrogen-bond donors (Lipinski definition) is 0. The van der Waals surface area contributed by atoms with Crippen LogP contribution in [0.25, 0.3) is 0 Å². The largest absolute Gasteiger partial charge is 0.385 e. The van der Waals surface area contributed by atoms with Gasteiger partial charge in [-0.1, -0.05) is 6.92 Å². The summed E-state index contributed by atoms with van der Waals surface area (Å²) in [5.74, 6) is 0. The summed E-state index contributed by atoms with van der Waals surface area (Å²) in [6, 6.07) is 2.13. The number of ether oxygens (including phenoxy) is 1. The van der Waals surface area contributed by atoms with Crippen molar-refractivity contribution in [2.75, 3.05) is 33.4 Å². The number of rotatable bonds is 6. The highest BCUT2D eigenvalue weighted by molar-refractivity contribution is 4.75. The molecule has 0 spiro atoms. The first-order valence-corrected chi connectivity index (χ1v) is 3.93. The summed E-state index contributed by atoms with van der Waals surface area (Å²) in [6.45, 7) is 5.27. The van der Waals surface area contributed by atoms with Crippen molar-refractivity contribution in [1.29, 1.82) is 5.26 Å². The third kappa shape index (κ3) is 5.84. The molecule has 0 aromatic rings. The molecule has 0 aromatic heterocycles. The summed E-state index contributed by atoms with van der Waals surface area (Å²) in [4.78, 5) is 2.10. The van der Waals surface area contributed by atoms with Crippen LogP contribution in [0.1, 0.15) is 13.3 Å². The average Bonchev–Trinajstić information content (AvgIpc) is 2.03. The smallest absolute Gasteiger partial charge is 0.0865 e. The van der Waals surface area contributed by atoms with E-state index in [1.165, 1.54) is 0 Å². The molecule has 0 saturated heterocycles. The third-order valence-corrected chi connectivity index (χ3v) is 1.56. The zero-order valence-corrected chi connectivity index (χ0v) is 7.34. The van der Waals surface area contributed by atoms with E-state index in [1.807, 2.05) is 0 Å². The van der Waals surface area contributed by atoms with Crippen molar-refractivity contribution in [2.45, 2.75) is 13.3 Å². The normalized spacial score (nSPS) is 10.0. The lowest BCUT2D eigenvalue weighted by atomic mass is 10.4. The fourth-order valence-corrected chi connectivity index (χ4v) is 0.881. The van der Waals surface area contributed by atoms with Crippen molar-refractivity contribution >= 4 is 0 Å². The summed E-state index contributed by atoms with van der Waals surface area (Å²) in [7, 11) is 1.70. The van der Waals surface area contributed by atoms with Crippen LogP contribution in [0.4, 0.5) is 0 Å². The van der Waals surface area contributed by atoms with Crippen LogP contribution in [-0.2, 0) is 4.74 Å². The molecule has 0 aliphatic heterocycles. The lowest BCUT2D eigenvalue weighted by Gasteiger charge is -2.15. The molecule has 0 unspecified atom stereocenters. The van der Waals surface area contributed by atoms with Crippen molar-refractivity contribution in [2.24, 2.45) is 0 Å². The first-order chi connectivity index (χ1) is 5.35. The second-order valence-electron chi connectivity index (χ2n) is 2.37. The number of methoxy groups -OCH3 is 1. The maximum absolute atomic E-state index is 8.40. The molecule has 11 heavy (non-hydrogen) atoms. The minimum Gasteiger partial charge on any atom is -0.385 e. The minimum absolute atomic E-state index is 0.528. The van der Waals surface area contributed by atoms with Crippen molar-refractivity contribution in [3.8, 4) is 6.07 Å². The monoisotopic (exact) mass is 156 g/mol. The molecular weight excluding hydrogens is 140 g/mol. The SMILES string of the molecule is CCN(CC#N)CCCOC. The molecular formula is C8H16N2O. The molecule has 0 radical (unpaired) electrons. The molecule has 0 fully saturated rings. The Labute approximate surface area is 68.6 Å². The zero-order valence-electron chi connectivity index (χ0n) is 7.34. The van der Waals surface area contributed by atoms with E-state index in [-0.39, 0.29) is 0 Å². The highest BCUT2D eigenvalue weighted by Crippen LogP contribution is 1.89. The zero-order chi connectivity index (χ0) is 8.53. The summed E-state index contributed by atoms with van der Waals surface area (Å²) in [5, 5.41) is 8.40. The number of nitrogens with zero attached hydrogens (tertiary/aromatic N) is 2. The predicted octanol–water partition coefficient (Wildman–Crippen LogP) is 0.868. The summed E-state index contributed by atoms with van der Waals surface area (Å²) in [6.07, 6.45) is 1.01. The van der Waals surface area contributed by atoms with Crippen LogP contribution < -0.4 is 0 Å². The molecule has 0 heterocycles. The highest BCUT2D eigenvalue weighted by Gasteiger charge is 1.98. The van der Waals surface area contributed by atoms with Crippen molar-refractivity contribution in [3.05, 3.63) is 0 Å². The number of hydrogen-bond acceptors (Lipinski definition) is 3. The van der Waals surface area contributed by atoms with Gasteiger partial charge < -0.3 is 4.74 Å². The van der Waals surface area contributed by atoms with Crippen LogP contribution in [0.15, 0.2) is 0 Å². The van der Waals surface area contributed by atoms with Crippen LogP contribution in [0.5, 0.6) is 0 Å². The first-order valence-electron chi connectivity index (χ1n) is 3.93. The van der Waals surface area contributed by atoms with E-state index < -0.39 is 0 Å². The Morgan fingerprint density at radius 2 is 2.27 bits per heavy atom. The van der Waals surface area contributed by atoms with Gasteiger partial charge in [0.15, 0.2) is 0 Å². The second kappa shape index (κ2) is 7.52. The standard InChI is InChI=1S/C8H16N2O/c1-3-10(7-5-9)6-4-8-11-2/h3-4,6-8H2,1-2H3. The van der Waals surface area contributed by atoms with Crippen LogP contribution in [0.3, 0.4) is 0 Å². The van der Waals surface area contributed by atoms with Gasteiger partial charge in [0.05, 0.1) is 12.6 Å². The summed E-state index contributed by atoms with van der Waals surface area (Å²) in [5.41, 5.74) is 0. The van der Waals surface area contributed by atoms with Crippen LogP contribution >= 0.6 is 0 Å². The van der Waals surface area contributed by atoms with E-state index >= 15 is 0 Å². The van der Waals surface area contributed by atoms with E-state index in [2.05, 4.69) is 17.9 Å². The fraction of sp³-hybridized carbons (Fsp3) is 0.875. The lowest BCUT2D eigenvalue weighted by molar-refractivity contribution is 0.178. The third-order valence-electron chi connectivity index (χ3n) is 1.56. The Hall–Kier alpha value is -0.590. The minimum atomic E-state index is 0.528. The molecule has 0 aliphatic carbocycles. The Morgan fingerprint density at radius 3 is 2.73 bits per heavy atom. The van der Waals surface area contributed by atoms with E-state index in [1.54, 1.807) is 7.11 Å². The molecule has 0 saturated carbocycles. The molecule has 3 nitrogen and oxygen atoms in total. The summed E-state index contributed by atoms with van der Waals surface area (Å²) < 4.78 is 4.91. The van der Waals surface area contributed by atoms with Crippen LogP contribution in [0, 0.1) is 11.3 Å². The molecule has 0 amide bonds. The van der Waals surface area contributed by atoms with Gasteiger partial charge in [0, 0.05) is 20.3 Å². The summed E-state index contributed by atoms with van der Waals surface area (Å²) >= 11 is 0. The molecule has 3 heteroatoms. The van der Waals surface area contributed by atoms with Crippen LogP contribution in [-0.4, -0.2) is 38.3 Å². The number of nitriles is 1. The average molecular weight is 156 g/mol. The van der Waals surface area contributed by atoms with E-state index in [4.69, 9.17) is 10.00 Å². The van der Waals surface area contributed by atoms with Gasteiger partial charge in [0.1, 0.15) is 0 Å². The van der Waals surface area contributed by atoms with Gasteiger partial charge in [0.2, 0.25) is 0 Å². The quantitative estimate of drug-likeness (QED) is 0.423. The van der Waals surface area contributed by atoms with Crippen molar-refractivity contribution < 1.29 is 4.74 Å². The molecule has 64 valence electrons. The maximum atomic E-state index is 8.40. The second-order valence-corrected chi connectivity index (χ2v) is 2.37. The molecule has 0 N–H and O–H groups in total. The predicted molar refractivity (Wildman–Crippen MR) is 44.2 cm³/mol. The molecule has 0 aromatic carbocycles. The Kier molecular flexibility index (Phi) is 7.11. The van der Waals surface area contributed by atoms with Gasteiger partial charge in [-0.15, -0.1) is 0 Å². The van der Waals surface area contributed by atoms with E-state index in [9.17, 15) is 0 Å². The van der Waals surface area contributed by atoms with Gasteiger partial charge in [-0.3, -0.25) is 4.90 Å². The lowest BCUT2D eigenvalue weighted by Crippen LogP contribution is -2.25. The van der Waals surface area contributed by atoms with E-state index in [0.717, 1.165) is 26.1 Å². The van der Waals surface area contributed by atoms with Gasteiger partial charge in [-0.05, 0) is 13.0 Å².